The molecule has 1 amide bonds. The van der Waals surface area contributed by atoms with E-state index in [9.17, 15) is 4.79 Å². The smallest absolute Gasteiger partial charge is 0.224 e. The summed E-state index contributed by atoms with van der Waals surface area (Å²) in [5.74, 6) is 0.236. The first-order valence-corrected chi connectivity index (χ1v) is 6.16. The van der Waals surface area contributed by atoms with E-state index in [1.807, 2.05) is 15.7 Å². The highest BCUT2D eigenvalue weighted by atomic mass is 16.2. The molecule has 5 heteroatoms. The maximum atomic E-state index is 12.2. The molecule has 2 unspecified atom stereocenters. The minimum atomic E-state index is 0.236. The van der Waals surface area contributed by atoms with Crippen LogP contribution in [-0.4, -0.2) is 45.5 Å². The lowest BCUT2D eigenvalue weighted by Gasteiger charge is -2.39. The molecular weight excluding hydrogens is 216 g/mol. The van der Waals surface area contributed by atoms with Gasteiger partial charge in [0.1, 0.15) is 0 Å². The van der Waals surface area contributed by atoms with Crippen LogP contribution in [-0.2, 0) is 11.3 Å². The zero-order valence-corrected chi connectivity index (χ0v) is 10.5. The van der Waals surface area contributed by atoms with Crippen molar-refractivity contribution in [2.45, 2.75) is 38.9 Å². The minimum Gasteiger partial charge on any atom is -0.337 e. The lowest BCUT2D eigenvalue weighted by atomic mass is 10.1. The van der Waals surface area contributed by atoms with Crippen molar-refractivity contribution in [3.8, 4) is 0 Å². The molecular formula is C12H20N4O. The summed E-state index contributed by atoms with van der Waals surface area (Å²) in [5.41, 5.74) is 0. The Morgan fingerprint density at radius 2 is 2.12 bits per heavy atom. The van der Waals surface area contributed by atoms with Crippen LogP contribution in [0.25, 0.3) is 0 Å². The summed E-state index contributed by atoms with van der Waals surface area (Å²) in [6.45, 7) is 6.68. The van der Waals surface area contributed by atoms with Crippen LogP contribution in [0.2, 0.25) is 0 Å². The summed E-state index contributed by atoms with van der Waals surface area (Å²) >= 11 is 0. The molecule has 2 heterocycles. The van der Waals surface area contributed by atoms with Gasteiger partial charge in [0.25, 0.3) is 0 Å². The number of carbonyl (C=O) groups excluding carboxylic acids is 1. The molecule has 2 rings (SSSR count). The fraction of sp³-hybridized carbons (Fsp3) is 0.667. The van der Waals surface area contributed by atoms with Crippen molar-refractivity contribution in [1.82, 2.24) is 19.8 Å². The topological polar surface area (TPSA) is 50.2 Å². The molecule has 0 spiro atoms. The van der Waals surface area contributed by atoms with Crippen LogP contribution in [0.5, 0.6) is 0 Å². The molecule has 1 saturated heterocycles. The second kappa shape index (κ2) is 5.31. The largest absolute Gasteiger partial charge is 0.337 e. The highest BCUT2D eigenvalue weighted by Gasteiger charge is 2.28. The van der Waals surface area contributed by atoms with Crippen molar-refractivity contribution in [2.24, 2.45) is 0 Å². The van der Waals surface area contributed by atoms with E-state index in [2.05, 4.69) is 24.1 Å². The summed E-state index contributed by atoms with van der Waals surface area (Å²) in [6.07, 6.45) is 5.92. The number of hydrogen-bond donors (Lipinski definition) is 1. The summed E-state index contributed by atoms with van der Waals surface area (Å²) in [4.78, 5) is 18.2. The molecule has 2 atom stereocenters. The van der Waals surface area contributed by atoms with E-state index in [4.69, 9.17) is 0 Å². The van der Waals surface area contributed by atoms with Gasteiger partial charge in [0.15, 0.2) is 0 Å². The molecule has 1 aliphatic heterocycles. The summed E-state index contributed by atoms with van der Waals surface area (Å²) < 4.78 is 1.94. The molecule has 5 nitrogen and oxygen atoms in total. The molecule has 0 radical (unpaired) electrons. The fourth-order valence-corrected chi connectivity index (χ4v) is 2.40. The predicted octanol–water partition coefficient (Wildman–Crippen LogP) is 0.482. The highest BCUT2D eigenvalue weighted by Crippen LogP contribution is 2.11. The first-order valence-electron chi connectivity index (χ1n) is 6.16. The van der Waals surface area contributed by atoms with Crippen molar-refractivity contribution >= 4 is 5.91 Å². The van der Waals surface area contributed by atoms with Crippen molar-refractivity contribution in [2.75, 3.05) is 13.1 Å². The molecule has 1 aromatic heterocycles. The molecule has 1 N–H and O–H groups in total. The Kier molecular flexibility index (Phi) is 3.78. The Morgan fingerprint density at radius 3 is 2.71 bits per heavy atom. The van der Waals surface area contributed by atoms with Gasteiger partial charge in [-0.1, -0.05) is 0 Å². The van der Waals surface area contributed by atoms with Crippen molar-refractivity contribution in [3.05, 3.63) is 18.7 Å². The average molecular weight is 236 g/mol. The van der Waals surface area contributed by atoms with Crippen LogP contribution >= 0.6 is 0 Å². The number of rotatable bonds is 3. The number of aryl methyl sites for hydroxylation is 1. The Hall–Kier alpha value is -1.36. The van der Waals surface area contributed by atoms with Gasteiger partial charge in [0.2, 0.25) is 5.91 Å². The van der Waals surface area contributed by atoms with E-state index < -0.39 is 0 Å². The Balaban J connectivity index is 1.90. The number of piperazine rings is 1. The Labute approximate surface area is 102 Å². The van der Waals surface area contributed by atoms with E-state index >= 15 is 0 Å². The fourth-order valence-electron chi connectivity index (χ4n) is 2.40. The van der Waals surface area contributed by atoms with Gasteiger partial charge in [0, 0.05) is 50.5 Å². The number of carbonyl (C=O) groups is 1. The number of nitrogens with zero attached hydrogens (tertiary/aromatic N) is 3. The monoisotopic (exact) mass is 236 g/mol. The molecule has 0 aromatic carbocycles. The van der Waals surface area contributed by atoms with E-state index in [0.29, 0.717) is 13.0 Å². The van der Waals surface area contributed by atoms with Gasteiger partial charge in [-0.25, -0.2) is 4.98 Å². The standard InChI is InChI=1S/C12H20N4O/c1-10-7-14-8-11(2)16(10)12(17)3-5-15-6-4-13-9-15/h4,6,9-11,14H,3,5,7-8H2,1-2H3. The third-order valence-corrected chi connectivity index (χ3v) is 3.26. The zero-order valence-electron chi connectivity index (χ0n) is 10.5. The maximum Gasteiger partial charge on any atom is 0.224 e. The Morgan fingerprint density at radius 1 is 1.41 bits per heavy atom. The van der Waals surface area contributed by atoms with Gasteiger partial charge in [0.05, 0.1) is 6.33 Å². The molecule has 17 heavy (non-hydrogen) atoms. The van der Waals surface area contributed by atoms with Crippen LogP contribution in [0.4, 0.5) is 0 Å². The van der Waals surface area contributed by atoms with E-state index in [-0.39, 0.29) is 18.0 Å². The number of amides is 1. The van der Waals surface area contributed by atoms with Crippen LogP contribution in [0.1, 0.15) is 20.3 Å². The second-order valence-corrected chi connectivity index (χ2v) is 4.71. The molecule has 94 valence electrons. The Bertz CT molecular complexity index is 353. The molecule has 1 aliphatic rings. The normalized spacial score (nSPS) is 24.9. The zero-order chi connectivity index (χ0) is 12.3. The summed E-state index contributed by atoms with van der Waals surface area (Å²) in [6, 6.07) is 0.572. The van der Waals surface area contributed by atoms with Gasteiger partial charge in [-0.3, -0.25) is 4.79 Å². The number of hydrogen-bond acceptors (Lipinski definition) is 3. The highest BCUT2D eigenvalue weighted by molar-refractivity contribution is 5.77. The van der Waals surface area contributed by atoms with Crippen LogP contribution in [0.15, 0.2) is 18.7 Å². The average Bonchev–Trinajstić information content (AvgIpc) is 2.79. The first kappa shape index (κ1) is 12.1. The summed E-state index contributed by atoms with van der Waals surface area (Å²) in [7, 11) is 0. The SMILES string of the molecule is CC1CNCC(C)N1C(=O)CCn1ccnc1. The van der Waals surface area contributed by atoms with Gasteiger partial charge < -0.3 is 14.8 Å². The molecule has 0 bridgehead atoms. The van der Waals surface area contributed by atoms with Gasteiger partial charge in [-0.05, 0) is 13.8 Å². The molecule has 1 fully saturated rings. The number of nitrogens with one attached hydrogen (secondary N) is 1. The van der Waals surface area contributed by atoms with Gasteiger partial charge >= 0.3 is 0 Å². The van der Waals surface area contributed by atoms with Crippen LogP contribution < -0.4 is 5.32 Å². The van der Waals surface area contributed by atoms with E-state index in [1.54, 1.807) is 12.5 Å². The molecule has 0 aliphatic carbocycles. The van der Waals surface area contributed by atoms with Crippen LogP contribution in [0, 0.1) is 0 Å². The first-order chi connectivity index (χ1) is 8.18. The third kappa shape index (κ3) is 2.85. The molecule has 1 aromatic rings. The second-order valence-electron chi connectivity index (χ2n) is 4.71. The number of imidazole rings is 1. The van der Waals surface area contributed by atoms with Gasteiger partial charge in [-0.15, -0.1) is 0 Å². The van der Waals surface area contributed by atoms with E-state index in [1.165, 1.54) is 0 Å². The predicted molar refractivity (Wildman–Crippen MR) is 65.5 cm³/mol. The quantitative estimate of drug-likeness (QED) is 0.830. The van der Waals surface area contributed by atoms with Crippen molar-refractivity contribution in [3.63, 3.8) is 0 Å². The van der Waals surface area contributed by atoms with Crippen LogP contribution in [0.3, 0.4) is 0 Å². The third-order valence-electron chi connectivity index (χ3n) is 3.26. The number of aromatic nitrogens is 2. The van der Waals surface area contributed by atoms with Gasteiger partial charge in [-0.2, -0.15) is 0 Å². The van der Waals surface area contributed by atoms with Crippen molar-refractivity contribution < 1.29 is 4.79 Å². The summed E-state index contributed by atoms with van der Waals surface area (Å²) in [5, 5.41) is 3.33. The molecule has 0 saturated carbocycles. The maximum absolute atomic E-state index is 12.2. The van der Waals surface area contributed by atoms with Crippen molar-refractivity contribution in [1.29, 1.82) is 0 Å². The lowest BCUT2D eigenvalue weighted by Crippen LogP contribution is -2.57. The lowest BCUT2D eigenvalue weighted by molar-refractivity contribution is -0.136. The minimum absolute atomic E-state index is 0.236. The van der Waals surface area contributed by atoms with E-state index in [0.717, 1.165) is 13.1 Å².